The smallest absolute Gasteiger partial charge is 0.273 e. The second-order valence-electron chi connectivity index (χ2n) is 10.5. The molecule has 3 fully saturated rings. The molecule has 2 bridgehead atoms. The Morgan fingerprint density at radius 1 is 1.00 bits per heavy atom. The van der Waals surface area contributed by atoms with Crippen LogP contribution in [0.1, 0.15) is 29.8 Å². The summed E-state index contributed by atoms with van der Waals surface area (Å²) in [5.41, 5.74) is 3.07. The van der Waals surface area contributed by atoms with Crippen LogP contribution in [0.5, 0.6) is 5.88 Å². The number of nitrogens with zero attached hydrogens (tertiary/aromatic N) is 6. The van der Waals surface area contributed by atoms with Crippen molar-refractivity contribution in [2.24, 2.45) is 0 Å². The molecule has 2 unspecified atom stereocenters. The summed E-state index contributed by atoms with van der Waals surface area (Å²) in [5.74, 6) is 1.30. The van der Waals surface area contributed by atoms with Crippen molar-refractivity contribution in [3.63, 3.8) is 0 Å². The van der Waals surface area contributed by atoms with Gasteiger partial charge in [-0.2, -0.15) is 0 Å². The fourth-order valence-electron chi connectivity index (χ4n) is 5.70. The van der Waals surface area contributed by atoms with Crippen molar-refractivity contribution >= 4 is 28.7 Å². The summed E-state index contributed by atoms with van der Waals surface area (Å²) in [6, 6.07) is 16.9. The van der Waals surface area contributed by atoms with Crippen LogP contribution in [0, 0.1) is 0 Å². The topological polar surface area (TPSA) is 85.6 Å². The first-order valence-electron chi connectivity index (χ1n) is 13.5. The Morgan fingerprint density at radius 2 is 1.79 bits per heavy atom. The maximum absolute atomic E-state index is 13.7. The van der Waals surface area contributed by atoms with Crippen LogP contribution in [0.15, 0.2) is 60.8 Å². The first kappa shape index (κ1) is 24.5. The summed E-state index contributed by atoms with van der Waals surface area (Å²) in [5, 5.41) is 0.683. The molecule has 5 heterocycles. The number of rotatable bonds is 6. The van der Waals surface area contributed by atoms with Crippen molar-refractivity contribution in [2.75, 3.05) is 26.3 Å². The third kappa shape index (κ3) is 4.75. The zero-order valence-electron chi connectivity index (χ0n) is 21.4. The van der Waals surface area contributed by atoms with Crippen LogP contribution in [-0.4, -0.2) is 79.7 Å². The minimum atomic E-state index is -0.0790. The van der Waals surface area contributed by atoms with Gasteiger partial charge in [-0.15, -0.1) is 0 Å². The molecule has 1 aliphatic carbocycles. The summed E-state index contributed by atoms with van der Waals surface area (Å²) in [6.45, 7) is 2.93. The molecule has 7 rings (SSSR count). The highest BCUT2D eigenvalue weighted by molar-refractivity contribution is 6.30. The largest absolute Gasteiger partial charge is 0.474 e. The molecule has 0 N–H and O–H groups in total. The van der Waals surface area contributed by atoms with Gasteiger partial charge in [-0.05, 0) is 61.7 Å². The second kappa shape index (κ2) is 10.2. The third-order valence-corrected chi connectivity index (χ3v) is 8.06. The Labute approximate surface area is 231 Å². The lowest BCUT2D eigenvalue weighted by Gasteiger charge is -2.49. The van der Waals surface area contributed by atoms with E-state index < -0.39 is 0 Å². The van der Waals surface area contributed by atoms with E-state index in [1.54, 1.807) is 12.3 Å². The molecule has 39 heavy (non-hydrogen) atoms. The molecule has 4 aromatic rings. The minimum absolute atomic E-state index is 0.0661. The van der Waals surface area contributed by atoms with E-state index in [4.69, 9.17) is 26.1 Å². The summed E-state index contributed by atoms with van der Waals surface area (Å²) < 4.78 is 14.0. The Hall–Kier alpha value is -3.53. The van der Waals surface area contributed by atoms with Crippen molar-refractivity contribution in [1.29, 1.82) is 0 Å². The molecule has 0 spiro atoms. The molecule has 200 valence electrons. The lowest BCUT2D eigenvalue weighted by atomic mass is 9.96. The number of aromatic nitrogens is 4. The standard InChI is InChI=1S/C29H29ClN6O3/c30-20-11-9-19(10-12-20)27-33-24-7-3-13-31-28(24)35(27)18-34-14-21-16-38-17-22(15-34)36(21)29(37)25-6-2-8-26(32-25)39-23-4-1-5-23/h2-3,6-13,21-23H,1,4-5,14-18H2. The van der Waals surface area contributed by atoms with E-state index in [1.807, 2.05) is 53.4 Å². The van der Waals surface area contributed by atoms with E-state index >= 15 is 0 Å². The number of halogens is 1. The number of hydrogen-bond acceptors (Lipinski definition) is 7. The van der Waals surface area contributed by atoms with Crippen molar-refractivity contribution in [3.05, 3.63) is 71.5 Å². The van der Waals surface area contributed by atoms with E-state index in [0.717, 1.165) is 35.4 Å². The van der Waals surface area contributed by atoms with Crippen molar-refractivity contribution in [1.82, 2.24) is 29.3 Å². The van der Waals surface area contributed by atoms with Gasteiger partial charge < -0.3 is 14.4 Å². The Bertz CT molecular complexity index is 1490. The quantitative estimate of drug-likeness (QED) is 0.358. The van der Waals surface area contributed by atoms with Gasteiger partial charge in [0.1, 0.15) is 23.1 Å². The summed E-state index contributed by atoms with van der Waals surface area (Å²) in [7, 11) is 0. The van der Waals surface area contributed by atoms with Crippen LogP contribution in [0.25, 0.3) is 22.6 Å². The molecule has 0 radical (unpaired) electrons. The van der Waals surface area contributed by atoms with Gasteiger partial charge in [-0.1, -0.05) is 17.7 Å². The van der Waals surface area contributed by atoms with Crippen molar-refractivity contribution in [3.8, 4) is 17.3 Å². The van der Waals surface area contributed by atoms with Crippen molar-refractivity contribution < 1.29 is 14.3 Å². The average Bonchev–Trinajstić information content (AvgIpc) is 3.29. The molecule has 1 amide bonds. The summed E-state index contributed by atoms with van der Waals surface area (Å²) >= 11 is 6.15. The first-order chi connectivity index (χ1) is 19.1. The van der Waals surface area contributed by atoms with Crippen LogP contribution in [0.4, 0.5) is 0 Å². The Morgan fingerprint density at radius 3 is 2.54 bits per heavy atom. The lowest BCUT2D eigenvalue weighted by molar-refractivity contribution is -0.0853. The van der Waals surface area contributed by atoms with E-state index in [9.17, 15) is 4.79 Å². The number of hydrogen-bond donors (Lipinski definition) is 0. The normalized spacial score (nSPS) is 21.6. The van der Waals surface area contributed by atoms with Gasteiger partial charge in [0.05, 0.1) is 32.0 Å². The SMILES string of the molecule is O=C(c1cccc(OC2CCC2)n1)N1C2COCC1CN(Cn1c(-c3ccc(Cl)cc3)nc3cccnc31)C2. The molecular weight excluding hydrogens is 516 g/mol. The lowest BCUT2D eigenvalue weighted by Crippen LogP contribution is -2.66. The summed E-state index contributed by atoms with van der Waals surface area (Å²) in [4.78, 5) is 32.1. The van der Waals surface area contributed by atoms with Crippen LogP contribution in [0.2, 0.25) is 5.02 Å². The average molecular weight is 545 g/mol. The zero-order chi connectivity index (χ0) is 26.3. The number of ether oxygens (including phenoxy) is 2. The molecule has 2 saturated heterocycles. The van der Waals surface area contributed by atoms with E-state index in [2.05, 4.69) is 19.4 Å². The molecule has 2 aliphatic heterocycles. The predicted octanol–water partition coefficient (Wildman–Crippen LogP) is 4.26. The highest BCUT2D eigenvalue weighted by Gasteiger charge is 2.42. The highest BCUT2D eigenvalue weighted by Crippen LogP contribution is 2.29. The summed E-state index contributed by atoms with van der Waals surface area (Å²) in [6.07, 6.45) is 5.28. The molecule has 3 aromatic heterocycles. The predicted molar refractivity (Wildman–Crippen MR) is 147 cm³/mol. The molecule has 1 saturated carbocycles. The number of carbonyl (C=O) groups is 1. The zero-order valence-corrected chi connectivity index (χ0v) is 22.2. The number of pyridine rings is 2. The molecule has 1 aromatic carbocycles. The molecule has 9 nitrogen and oxygen atoms in total. The van der Waals surface area contributed by atoms with Gasteiger partial charge in [-0.25, -0.2) is 15.0 Å². The molecule has 10 heteroatoms. The number of morpholine rings is 1. The Kier molecular flexibility index (Phi) is 6.42. The number of amides is 1. The fraction of sp³-hybridized carbons (Fsp3) is 0.379. The van der Waals surface area contributed by atoms with Crippen LogP contribution in [-0.2, 0) is 11.4 Å². The van der Waals surface area contributed by atoms with Gasteiger partial charge in [0.2, 0.25) is 5.88 Å². The van der Waals surface area contributed by atoms with Crippen LogP contribution < -0.4 is 4.74 Å². The first-order valence-corrected chi connectivity index (χ1v) is 13.8. The van der Waals surface area contributed by atoms with Gasteiger partial charge in [0, 0.05) is 35.9 Å². The van der Waals surface area contributed by atoms with E-state index in [0.29, 0.717) is 49.6 Å². The number of carbonyl (C=O) groups excluding carboxylic acids is 1. The van der Waals surface area contributed by atoms with E-state index in [1.165, 1.54) is 6.42 Å². The van der Waals surface area contributed by atoms with Crippen molar-refractivity contribution in [2.45, 2.75) is 44.1 Å². The third-order valence-electron chi connectivity index (χ3n) is 7.81. The molecule has 3 aliphatic rings. The minimum Gasteiger partial charge on any atom is -0.474 e. The molecule has 2 atom stereocenters. The molecular formula is C29H29ClN6O3. The van der Waals surface area contributed by atoms with Gasteiger partial charge >= 0.3 is 0 Å². The number of piperazine rings is 1. The number of imidazole rings is 1. The highest BCUT2D eigenvalue weighted by atomic mass is 35.5. The fourth-order valence-corrected chi connectivity index (χ4v) is 5.83. The Balaban J connectivity index is 1.13. The van der Waals surface area contributed by atoms with Crippen LogP contribution >= 0.6 is 11.6 Å². The number of benzene rings is 1. The van der Waals surface area contributed by atoms with E-state index in [-0.39, 0.29) is 24.1 Å². The van der Waals surface area contributed by atoms with Gasteiger partial charge in [0.25, 0.3) is 5.91 Å². The van der Waals surface area contributed by atoms with Crippen LogP contribution in [0.3, 0.4) is 0 Å². The number of fused-ring (bicyclic) bond motifs is 3. The van der Waals surface area contributed by atoms with Gasteiger partial charge in [-0.3, -0.25) is 14.3 Å². The maximum Gasteiger partial charge on any atom is 0.273 e. The maximum atomic E-state index is 13.7. The van der Waals surface area contributed by atoms with Gasteiger partial charge in [0.15, 0.2) is 5.65 Å². The second-order valence-corrected chi connectivity index (χ2v) is 10.9. The monoisotopic (exact) mass is 544 g/mol.